The molecule has 1 saturated heterocycles. The highest BCUT2D eigenvalue weighted by molar-refractivity contribution is 7.99. The van der Waals surface area contributed by atoms with Gasteiger partial charge in [0.1, 0.15) is 0 Å². The molecular formula is C26H38N2S. The Kier molecular flexibility index (Phi) is 10.6. The molecule has 1 fully saturated rings. The van der Waals surface area contributed by atoms with E-state index in [0.29, 0.717) is 0 Å². The van der Waals surface area contributed by atoms with Crippen LogP contribution in [0.3, 0.4) is 0 Å². The number of nitrogens with zero attached hydrogens (tertiary/aromatic N) is 1. The van der Waals surface area contributed by atoms with Gasteiger partial charge < -0.3 is 10.2 Å². The first kappa shape index (κ1) is 23.8. The Balaban J connectivity index is 1.83. The topological polar surface area (TPSA) is 15.3 Å². The first-order valence-corrected chi connectivity index (χ1v) is 12.0. The number of nitrogens with one attached hydrogen (secondary N) is 1. The minimum absolute atomic E-state index is 0.763. The smallest absolute Gasteiger partial charge is 0.0216 e. The molecule has 158 valence electrons. The lowest BCUT2D eigenvalue weighted by Gasteiger charge is -2.33. The molecule has 1 aromatic rings. The molecule has 2 rings (SSSR count). The fourth-order valence-corrected chi connectivity index (χ4v) is 5.05. The summed E-state index contributed by atoms with van der Waals surface area (Å²) in [7, 11) is 0. The lowest BCUT2D eigenvalue weighted by molar-refractivity contribution is 0.159. The Hall–Kier alpha value is -1.47. The normalized spacial score (nSPS) is 18.7. The van der Waals surface area contributed by atoms with Gasteiger partial charge >= 0.3 is 0 Å². The van der Waals surface area contributed by atoms with Gasteiger partial charge in [0.25, 0.3) is 0 Å². The average Bonchev–Trinajstić information content (AvgIpc) is 2.68. The molecule has 1 aliphatic heterocycles. The molecule has 29 heavy (non-hydrogen) atoms. The van der Waals surface area contributed by atoms with E-state index >= 15 is 0 Å². The number of terminal acetylenes is 1. The number of benzene rings is 1. The number of piperidine rings is 1. The maximum Gasteiger partial charge on any atom is 0.0216 e. The highest BCUT2D eigenvalue weighted by Crippen LogP contribution is 2.28. The third-order valence-corrected chi connectivity index (χ3v) is 7.05. The first-order chi connectivity index (χ1) is 14.0. The Morgan fingerprint density at radius 1 is 1.34 bits per heavy atom. The van der Waals surface area contributed by atoms with E-state index in [4.69, 9.17) is 6.42 Å². The summed E-state index contributed by atoms with van der Waals surface area (Å²) < 4.78 is 0. The lowest BCUT2D eigenvalue weighted by Crippen LogP contribution is -2.38. The predicted molar refractivity (Wildman–Crippen MR) is 129 cm³/mol. The summed E-state index contributed by atoms with van der Waals surface area (Å²) in [6.07, 6.45) is 14.7. The Labute approximate surface area is 183 Å². The molecule has 0 radical (unpaired) electrons. The second-order valence-corrected chi connectivity index (χ2v) is 9.29. The van der Waals surface area contributed by atoms with Crippen LogP contribution in [0, 0.1) is 19.3 Å². The summed E-state index contributed by atoms with van der Waals surface area (Å²) in [5.74, 6) is 3.58. The Morgan fingerprint density at radius 2 is 2.17 bits per heavy atom. The van der Waals surface area contributed by atoms with Crippen molar-refractivity contribution in [1.29, 1.82) is 0 Å². The van der Waals surface area contributed by atoms with Gasteiger partial charge in [-0.05, 0) is 89.4 Å². The van der Waals surface area contributed by atoms with Crippen LogP contribution in [-0.4, -0.2) is 36.3 Å². The number of rotatable bonds is 10. The maximum absolute atomic E-state index is 5.36. The van der Waals surface area contributed by atoms with E-state index in [1.807, 2.05) is 17.8 Å². The third kappa shape index (κ3) is 8.42. The van der Waals surface area contributed by atoms with Gasteiger partial charge in [0, 0.05) is 23.2 Å². The van der Waals surface area contributed by atoms with Gasteiger partial charge in [0.15, 0.2) is 0 Å². The van der Waals surface area contributed by atoms with Crippen molar-refractivity contribution < 1.29 is 0 Å². The number of allylic oxidation sites excluding steroid dienone is 3. The molecule has 1 atom stereocenters. The van der Waals surface area contributed by atoms with Gasteiger partial charge in [-0.25, -0.2) is 0 Å². The molecule has 1 aromatic carbocycles. The van der Waals surface area contributed by atoms with Crippen molar-refractivity contribution >= 4 is 11.8 Å². The molecule has 2 nitrogen and oxygen atoms in total. The summed E-state index contributed by atoms with van der Waals surface area (Å²) >= 11 is 1.93. The Bertz CT molecular complexity index is 742. The van der Waals surface area contributed by atoms with Crippen LogP contribution in [-0.2, 0) is 6.54 Å². The summed E-state index contributed by atoms with van der Waals surface area (Å²) in [5.41, 5.74) is 5.25. The van der Waals surface area contributed by atoms with Gasteiger partial charge in [0.05, 0.1) is 0 Å². The highest BCUT2D eigenvalue weighted by Gasteiger charge is 2.17. The monoisotopic (exact) mass is 410 g/mol. The van der Waals surface area contributed by atoms with Gasteiger partial charge in [0.2, 0.25) is 0 Å². The SMILES string of the molecule is C#C/C=C(C)\C=C(/C)CSc1c(C)cccc1CNCCCN1CCCCC1C. The number of likely N-dealkylation sites (tertiary alicyclic amines) is 1. The largest absolute Gasteiger partial charge is 0.313 e. The molecule has 0 saturated carbocycles. The van der Waals surface area contributed by atoms with Crippen molar-refractivity contribution in [2.45, 2.75) is 70.9 Å². The zero-order valence-corrected chi connectivity index (χ0v) is 19.6. The molecule has 1 aliphatic rings. The van der Waals surface area contributed by atoms with E-state index in [-0.39, 0.29) is 0 Å². The van der Waals surface area contributed by atoms with E-state index in [0.717, 1.165) is 30.5 Å². The van der Waals surface area contributed by atoms with E-state index in [1.54, 1.807) is 0 Å². The number of thioether (sulfide) groups is 1. The third-order valence-electron chi connectivity index (χ3n) is 5.58. The predicted octanol–water partition coefficient (Wildman–Crippen LogP) is 5.97. The average molecular weight is 411 g/mol. The van der Waals surface area contributed by atoms with Crippen LogP contribution in [0.25, 0.3) is 0 Å². The van der Waals surface area contributed by atoms with Gasteiger partial charge in [-0.1, -0.05) is 42.2 Å². The molecule has 0 bridgehead atoms. The minimum Gasteiger partial charge on any atom is -0.313 e. The summed E-state index contributed by atoms with van der Waals surface area (Å²) in [4.78, 5) is 4.07. The fraction of sp³-hybridized carbons (Fsp3) is 0.538. The standard InChI is InChI=1S/C26H38N2S/c1-6-11-21(2)18-22(3)20-29-26-23(4)12-9-14-25(26)19-27-15-10-17-28-16-8-7-13-24(28)5/h1,9,11-12,14,18,24,27H,7-8,10,13,15-17,19-20H2,2-5H3/b21-11-,22-18+. The van der Waals surface area contributed by atoms with Crippen molar-refractivity contribution in [3.8, 4) is 12.3 Å². The van der Waals surface area contributed by atoms with Crippen LogP contribution in [0.15, 0.2) is 46.4 Å². The van der Waals surface area contributed by atoms with Crippen LogP contribution >= 0.6 is 11.8 Å². The van der Waals surface area contributed by atoms with E-state index in [1.165, 1.54) is 60.4 Å². The summed E-state index contributed by atoms with van der Waals surface area (Å²) in [6.45, 7) is 13.4. The molecule has 0 aromatic heterocycles. The highest BCUT2D eigenvalue weighted by atomic mass is 32.2. The molecular weight excluding hydrogens is 372 g/mol. The zero-order valence-electron chi connectivity index (χ0n) is 18.8. The fourth-order valence-electron chi connectivity index (χ4n) is 3.97. The maximum atomic E-state index is 5.36. The van der Waals surface area contributed by atoms with E-state index in [2.05, 4.69) is 68.1 Å². The van der Waals surface area contributed by atoms with Crippen LogP contribution in [0.2, 0.25) is 0 Å². The molecule has 1 heterocycles. The molecule has 0 aliphatic carbocycles. The van der Waals surface area contributed by atoms with E-state index in [9.17, 15) is 0 Å². The van der Waals surface area contributed by atoms with Gasteiger partial charge in [-0.15, -0.1) is 18.2 Å². The molecule has 1 unspecified atom stereocenters. The van der Waals surface area contributed by atoms with Crippen molar-refractivity contribution in [3.05, 3.63) is 52.6 Å². The number of aryl methyl sites for hydroxylation is 1. The quantitative estimate of drug-likeness (QED) is 0.221. The van der Waals surface area contributed by atoms with Gasteiger partial charge in [-0.2, -0.15) is 0 Å². The number of hydrogen-bond acceptors (Lipinski definition) is 3. The zero-order chi connectivity index (χ0) is 21.1. The lowest BCUT2D eigenvalue weighted by atomic mass is 10.0. The Morgan fingerprint density at radius 3 is 2.93 bits per heavy atom. The van der Waals surface area contributed by atoms with Crippen LogP contribution in [0.1, 0.15) is 57.6 Å². The van der Waals surface area contributed by atoms with Gasteiger partial charge in [-0.3, -0.25) is 0 Å². The van der Waals surface area contributed by atoms with E-state index < -0.39 is 0 Å². The second-order valence-electron chi connectivity index (χ2n) is 8.31. The number of hydrogen-bond donors (Lipinski definition) is 1. The first-order valence-electron chi connectivity index (χ1n) is 11.0. The minimum atomic E-state index is 0.763. The second kappa shape index (κ2) is 13.0. The van der Waals surface area contributed by atoms with Crippen LogP contribution in [0.4, 0.5) is 0 Å². The van der Waals surface area contributed by atoms with Crippen molar-refractivity contribution in [3.63, 3.8) is 0 Å². The summed E-state index contributed by atoms with van der Waals surface area (Å²) in [6, 6.07) is 7.41. The molecule has 3 heteroatoms. The molecule has 1 N–H and O–H groups in total. The molecule has 0 amide bonds. The van der Waals surface area contributed by atoms with Crippen molar-refractivity contribution in [2.75, 3.05) is 25.4 Å². The van der Waals surface area contributed by atoms with Crippen molar-refractivity contribution in [2.24, 2.45) is 0 Å². The summed E-state index contributed by atoms with van der Waals surface area (Å²) in [5, 5.41) is 3.67. The molecule has 0 spiro atoms. The van der Waals surface area contributed by atoms with Crippen molar-refractivity contribution in [1.82, 2.24) is 10.2 Å². The van der Waals surface area contributed by atoms with Crippen LogP contribution < -0.4 is 5.32 Å². The van der Waals surface area contributed by atoms with Crippen LogP contribution in [0.5, 0.6) is 0 Å².